The van der Waals surface area contributed by atoms with Crippen LogP contribution >= 0.6 is 15.9 Å². The van der Waals surface area contributed by atoms with Gasteiger partial charge in [-0.25, -0.2) is 0 Å². The molecule has 0 bridgehead atoms. The van der Waals surface area contributed by atoms with Crippen LogP contribution < -0.4 is 5.32 Å². The molecule has 1 N–H and O–H groups in total. The minimum atomic E-state index is 0.122. The molecule has 0 saturated heterocycles. The Labute approximate surface area is 125 Å². The van der Waals surface area contributed by atoms with Crippen molar-refractivity contribution >= 4 is 15.9 Å². The number of hydrogen-bond donors (Lipinski definition) is 1. The molecule has 0 amide bonds. The van der Waals surface area contributed by atoms with Gasteiger partial charge in [-0.2, -0.15) is 0 Å². The van der Waals surface area contributed by atoms with Gasteiger partial charge in [0, 0.05) is 16.6 Å². The van der Waals surface area contributed by atoms with E-state index < -0.39 is 0 Å². The van der Waals surface area contributed by atoms with E-state index in [4.69, 9.17) is 4.74 Å². The Morgan fingerprint density at radius 3 is 2.37 bits per heavy atom. The predicted octanol–water partition coefficient (Wildman–Crippen LogP) is 4.45. The van der Waals surface area contributed by atoms with Crippen LogP contribution in [0.4, 0.5) is 0 Å². The molecule has 1 saturated carbocycles. The highest BCUT2D eigenvalue weighted by Crippen LogP contribution is 2.29. The summed E-state index contributed by atoms with van der Waals surface area (Å²) in [6, 6.07) is 8.47. The van der Waals surface area contributed by atoms with Gasteiger partial charge in [-0.05, 0) is 57.7 Å². The molecular formula is C16H24BrNO. The quantitative estimate of drug-likeness (QED) is 0.863. The smallest absolute Gasteiger partial charge is 0.0953 e. The number of rotatable bonds is 5. The van der Waals surface area contributed by atoms with Crippen molar-refractivity contribution in [3.8, 4) is 0 Å². The van der Waals surface area contributed by atoms with Crippen LogP contribution in [0, 0.1) is 0 Å². The Morgan fingerprint density at radius 1 is 1.26 bits per heavy atom. The summed E-state index contributed by atoms with van der Waals surface area (Å²) in [4.78, 5) is 0. The van der Waals surface area contributed by atoms with E-state index in [1.165, 1.54) is 24.8 Å². The molecule has 0 spiro atoms. The van der Waals surface area contributed by atoms with Crippen molar-refractivity contribution in [2.75, 3.05) is 6.54 Å². The average molecular weight is 326 g/mol. The second-order valence-corrected chi connectivity index (χ2v) is 7.28. The molecule has 1 unspecified atom stereocenters. The third-order valence-corrected chi connectivity index (χ3v) is 4.00. The summed E-state index contributed by atoms with van der Waals surface area (Å²) >= 11 is 3.48. The van der Waals surface area contributed by atoms with E-state index in [1.807, 2.05) is 0 Å². The van der Waals surface area contributed by atoms with Gasteiger partial charge in [-0.1, -0.05) is 28.1 Å². The molecule has 1 aliphatic rings. The van der Waals surface area contributed by atoms with Crippen LogP contribution in [0.1, 0.15) is 51.7 Å². The van der Waals surface area contributed by atoms with Crippen molar-refractivity contribution in [1.82, 2.24) is 5.32 Å². The molecular weight excluding hydrogens is 302 g/mol. The van der Waals surface area contributed by atoms with Gasteiger partial charge >= 0.3 is 0 Å². The van der Waals surface area contributed by atoms with Gasteiger partial charge < -0.3 is 10.1 Å². The zero-order valence-corrected chi connectivity index (χ0v) is 13.7. The van der Waals surface area contributed by atoms with Crippen molar-refractivity contribution in [3.05, 3.63) is 34.3 Å². The van der Waals surface area contributed by atoms with Crippen LogP contribution in [0.3, 0.4) is 0 Å². The lowest BCUT2D eigenvalue weighted by Crippen LogP contribution is -2.40. The average Bonchev–Trinajstić information content (AvgIpc) is 2.27. The Morgan fingerprint density at radius 2 is 1.89 bits per heavy atom. The first kappa shape index (κ1) is 15.0. The van der Waals surface area contributed by atoms with Crippen molar-refractivity contribution in [3.63, 3.8) is 0 Å². The fraction of sp³-hybridized carbons (Fsp3) is 0.625. The van der Waals surface area contributed by atoms with Crippen LogP contribution in [0.2, 0.25) is 0 Å². The van der Waals surface area contributed by atoms with E-state index in [0.717, 1.165) is 11.0 Å². The molecule has 0 aromatic heterocycles. The number of halogens is 1. The van der Waals surface area contributed by atoms with E-state index in [2.05, 4.69) is 66.3 Å². The topological polar surface area (TPSA) is 21.3 Å². The fourth-order valence-electron chi connectivity index (χ4n) is 2.06. The van der Waals surface area contributed by atoms with Gasteiger partial charge in [0.2, 0.25) is 0 Å². The normalized spacial score (nSPS) is 18.1. The monoisotopic (exact) mass is 325 g/mol. The Bertz CT molecular complexity index is 392. The molecule has 2 nitrogen and oxygen atoms in total. The summed E-state index contributed by atoms with van der Waals surface area (Å²) < 4.78 is 7.34. The predicted molar refractivity (Wildman–Crippen MR) is 83.4 cm³/mol. The molecule has 0 aliphatic heterocycles. The lowest BCUT2D eigenvalue weighted by Gasteiger charge is -2.32. The van der Waals surface area contributed by atoms with Gasteiger partial charge in [0.15, 0.2) is 0 Å². The van der Waals surface area contributed by atoms with Gasteiger partial charge in [0.1, 0.15) is 0 Å². The minimum Gasteiger partial charge on any atom is -0.369 e. The summed E-state index contributed by atoms with van der Waals surface area (Å²) in [5.74, 6) is 0. The van der Waals surface area contributed by atoms with Gasteiger partial charge in [-0.15, -0.1) is 0 Å². The van der Waals surface area contributed by atoms with E-state index in [9.17, 15) is 0 Å². The molecule has 1 fully saturated rings. The van der Waals surface area contributed by atoms with Crippen LogP contribution in [0.25, 0.3) is 0 Å². The molecule has 1 aromatic carbocycles. The SMILES string of the molecule is CC(C)(C)NCC(OC1CCC1)c1ccc(Br)cc1. The van der Waals surface area contributed by atoms with Crippen LogP contribution in [-0.2, 0) is 4.74 Å². The van der Waals surface area contributed by atoms with E-state index in [-0.39, 0.29) is 11.6 Å². The molecule has 3 heteroatoms. The number of ether oxygens (including phenoxy) is 1. The van der Waals surface area contributed by atoms with Gasteiger partial charge in [0.05, 0.1) is 12.2 Å². The highest BCUT2D eigenvalue weighted by Gasteiger charge is 2.24. The van der Waals surface area contributed by atoms with Crippen molar-refractivity contribution < 1.29 is 4.74 Å². The third-order valence-electron chi connectivity index (χ3n) is 3.47. The van der Waals surface area contributed by atoms with E-state index >= 15 is 0 Å². The lowest BCUT2D eigenvalue weighted by molar-refractivity contribution is -0.0538. The second-order valence-electron chi connectivity index (χ2n) is 6.36. The summed E-state index contributed by atoms with van der Waals surface area (Å²) in [5, 5.41) is 3.55. The molecule has 1 aliphatic carbocycles. The number of hydrogen-bond acceptors (Lipinski definition) is 2. The molecule has 106 valence electrons. The summed E-state index contributed by atoms with van der Waals surface area (Å²) in [6.07, 6.45) is 4.34. The largest absolute Gasteiger partial charge is 0.369 e. The molecule has 0 heterocycles. The first-order valence-electron chi connectivity index (χ1n) is 7.10. The van der Waals surface area contributed by atoms with Crippen LogP contribution in [-0.4, -0.2) is 18.2 Å². The van der Waals surface area contributed by atoms with Crippen molar-refractivity contribution in [2.24, 2.45) is 0 Å². The summed E-state index contributed by atoms with van der Waals surface area (Å²) in [7, 11) is 0. The molecule has 0 radical (unpaired) electrons. The second kappa shape index (κ2) is 6.38. The molecule has 19 heavy (non-hydrogen) atoms. The van der Waals surface area contributed by atoms with Gasteiger partial charge in [0.25, 0.3) is 0 Å². The number of nitrogens with one attached hydrogen (secondary N) is 1. The fourth-order valence-corrected chi connectivity index (χ4v) is 2.32. The highest BCUT2D eigenvalue weighted by atomic mass is 79.9. The molecule has 2 rings (SSSR count). The minimum absolute atomic E-state index is 0.122. The summed E-state index contributed by atoms with van der Waals surface area (Å²) in [5.41, 5.74) is 1.38. The maximum Gasteiger partial charge on any atom is 0.0953 e. The third kappa shape index (κ3) is 4.90. The van der Waals surface area contributed by atoms with Crippen LogP contribution in [0.5, 0.6) is 0 Å². The Hall–Kier alpha value is -0.380. The van der Waals surface area contributed by atoms with E-state index in [1.54, 1.807) is 0 Å². The van der Waals surface area contributed by atoms with Crippen LogP contribution in [0.15, 0.2) is 28.7 Å². The lowest BCUT2D eigenvalue weighted by atomic mass is 9.95. The zero-order chi connectivity index (χ0) is 13.9. The van der Waals surface area contributed by atoms with Crippen molar-refractivity contribution in [2.45, 2.75) is 57.8 Å². The van der Waals surface area contributed by atoms with Gasteiger partial charge in [-0.3, -0.25) is 0 Å². The standard InChI is InChI=1S/C16H24BrNO/c1-16(2,3)18-11-15(19-14-5-4-6-14)12-7-9-13(17)10-8-12/h7-10,14-15,18H,4-6,11H2,1-3H3. The first-order chi connectivity index (χ1) is 8.94. The molecule has 1 aromatic rings. The zero-order valence-electron chi connectivity index (χ0n) is 12.1. The summed E-state index contributed by atoms with van der Waals surface area (Å²) in [6.45, 7) is 7.43. The number of benzene rings is 1. The first-order valence-corrected chi connectivity index (χ1v) is 7.89. The van der Waals surface area contributed by atoms with Crippen molar-refractivity contribution in [1.29, 1.82) is 0 Å². The highest BCUT2D eigenvalue weighted by molar-refractivity contribution is 9.10. The maximum absolute atomic E-state index is 6.23. The maximum atomic E-state index is 6.23. The molecule has 1 atom stereocenters. The Balaban J connectivity index is 2.01. The van der Waals surface area contributed by atoms with E-state index in [0.29, 0.717) is 6.10 Å². The Kier molecular flexibility index (Phi) is 5.04.